The first kappa shape index (κ1) is 15.0. The second-order valence-corrected chi connectivity index (χ2v) is 6.54. The van der Waals surface area contributed by atoms with Gasteiger partial charge in [-0.25, -0.2) is 4.79 Å². The van der Waals surface area contributed by atoms with Gasteiger partial charge in [-0.05, 0) is 18.9 Å². The number of carbonyl (C=O) groups excluding carboxylic acids is 2. The van der Waals surface area contributed by atoms with Gasteiger partial charge in [-0.3, -0.25) is 4.79 Å². The van der Waals surface area contributed by atoms with Crippen LogP contribution in [0.4, 0.5) is 0 Å². The molecule has 1 amide bonds. The van der Waals surface area contributed by atoms with Crippen LogP contribution in [0.5, 0.6) is 0 Å². The lowest BCUT2D eigenvalue weighted by atomic mass is 9.80. The van der Waals surface area contributed by atoms with E-state index in [0.717, 1.165) is 16.5 Å². The SMILES string of the molecule is CCCC1(C(=O)OC)CCN1C(=O)c1csc2ccccc12. The van der Waals surface area contributed by atoms with E-state index in [1.54, 1.807) is 16.2 Å². The molecule has 2 heterocycles. The zero-order valence-corrected chi connectivity index (χ0v) is 13.6. The Kier molecular flexibility index (Phi) is 3.91. The van der Waals surface area contributed by atoms with Crippen molar-refractivity contribution in [3.8, 4) is 0 Å². The molecule has 1 aromatic heterocycles. The molecule has 0 bridgehead atoms. The number of esters is 1. The molecule has 1 aromatic carbocycles. The highest BCUT2D eigenvalue weighted by atomic mass is 32.1. The highest BCUT2D eigenvalue weighted by molar-refractivity contribution is 7.17. The Bertz CT molecular complexity index is 724. The molecular formula is C17H19NO3S. The number of methoxy groups -OCH3 is 1. The third kappa shape index (κ3) is 2.11. The number of hydrogen-bond donors (Lipinski definition) is 0. The van der Waals surface area contributed by atoms with Gasteiger partial charge >= 0.3 is 5.97 Å². The molecule has 1 atom stereocenters. The van der Waals surface area contributed by atoms with Crippen molar-refractivity contribution in [1.82, 2.24) is 4.90 Å². The molecule has 1 fully saturated rings. The molecule has 0 N–H and O–H groups in total. The maximum Gasteiger partial charge on any atom is 0.331 e. The van der Waals surface area contributed by atoms with E-state index in [2.05, 4.69) is 0 Å². The summed E-state index contributed by atoms with van der Waals surface area (Å²) in [5, 5.41) is 2.85. The van der Waals surface area contributed by atoms with Crippen molar-refractivity contribution in [2.24, 2.45) is 0 Å². The first-order chi connectivity index (χ1) is 10.6. The average Bonchev–Trinajstić information content (AvgIpc) is 2.94. The van der Waals surface area contributed by atoms with E-state index in [9.17, 15) is 9.59 Å². The summed E-state index contributed by atoms with van der Waals surface area (Å²) in [5.41, 5.74) is -0.0893. The fraction of sp³-hybridized carbons (Fsp3) is 0.412. The Hall–Kier alpha value is -1.88. The maximum absolute atomic E-state index is 12.9. The van der Waals surface area contributed by atoms with E-state index >= 15 is 0 Å². The number of amides is 1. The van der Waals surface area contributed by atoms with E-state index in [4.69, 9.17) is 4.74 Å². The van der Waals surface area contributed by atoms with Crippen molar-refractivity contribution >= 4 is 33.3 Å². The summed E-state index contributed by atoms with van der Waals surface area (Å²) in [6.45, 7) is 2.63. The zero-order valence-electron chi connectivity index (χ0n) is 12.8. The maximum atomic E-state index is 12.9. The number of thiophene rings is 1. The molecule has 0 radical (unpaired) electrons. The molecular weight excluding hydrogens is 298 g/mol. The largest absolute Gasteiger partial charge is 0.467 e. The van der Waals surface area contributed by atoms with Crippen LogP contribution in [0.2, 0.25) is 0 Å². The van der Waals surface area contributed by atoms with Gasteiger partial charge in [0.05, 0.1) is 12.7 Å². The van der Waals surface area contributed by atoms with Gasteiger partial charge in [0, 0.05) is 22.0 Å². The number of benzene rings is 1. The van der Waals surface area contributed by atoms with Crippen molar-refractivity contribution in [2.75, 3.05) is 13.7 Å². The molecule has 116 valence electrons. The Morgan fingerprint density at radius 2 is 2.14 bits per heavy atom. The fourth-order valence-corrected chi connectivity index (χ4v) is 4.19. The molecule has 2 aromatic rings. The molecule has 1 saturated heterocycles. The number of hydrogen-bond acceptors (Lipinski definition) is 4. The van der Waals surface area contributed by atoms with Crippen LogP contribution in [-0.2, 0) is 9.53 Å². The molecule has 3 rings (SSSR count). The van der Waals surface area contributed by atoms with Gasteiger partial charge in [-0.15, -0.1) is 11.3 Å². The van der Waals surface area contributed by atoms with Crippen LogP contribution in [0.15, 0.2) is 29.6 Å². The molecule has 0 aliphatic carbocycles. The van der Waals surface area contributed by atoms with Gasteiger partial charge in [0.2, 0.25) is 0 Å². The second-order valence-electron chi connectivity index (χ2n) is 5.63. The average molecular weight is 317 g/mol. The lowest BCUT2D eigenvalue weighted by molar-refractivity contribution is -0.162. The van der Waals surface area contributed by atoms with Gasteiger partial charge < -0.3 is 9.64 Å². The number of rotatable bonds is 4. The second kappa shape index (κ2) is 5.72. The Morgan fingerprint density at radius 1 is 1.36 bits per heavy atom. The fourth-order valence-electron chi connectivity index (χ4n) is 3.26. The van der Waals surface area contributed by atoms with Crippen molar-refractivity contribution in [3.63, 3.8) is 0 Å². The highest BCUT2D eigenvalue weighted by Gasteiger charge is 2.53. The third-order valence-electron chi connectivity index (χ3n) is 4.45. The summed E-state index contributed by atoms with van der Waals surface area (Å²) < 4.78 is 6.05. The van der Waals surface area contributed by atoms with Crippen molar-refractivity contribution in [2.45, 2.75) is 31.7 Å². The number of ether oxygens (including phenoxy) is 1. The quantitative estimate of drug-likeness (QED) is 0.811. The Labute approximate surface area is 133 Å². The number of nitrogens with zero attached hydrogens (tertiary/aromatic N) is 1. The molecule has 4 nitrogen and oxygen atoms in total. The highest BCUT2D eigenvalue weighted by Crippen LogP contribution is 2.39. The van der Waals surface area contributed by atoms with Gasteiger partial charge in [-0.1, -0.05) is 31.5 Å². The van der Waals surface area contributed by atoms with Crippen LogP contribution >= 0.6 is 11.3 Å². The predicted octanol–water partition coefficient (Wildman–Crippen LogP) is 3.46. The lowest BCUT2D eigenvalue weighted by Crippen LogP contribution is -2.66. The Morgan fingerprint density at radius 3 is 2.77 bits per heavy atom. The minimum Gasteiger partial charge on any atom is -0.467 e. The summed E-state index contributed by atoms with van der Waals surface area (Å²) in [5.74, 6) is -0.365. The molecule has 22 heavy (non-hydrogen) atoms. The van der Waals surface area contributed by atoms with E-state index in [1.165, 1.54) is 7.11 Å². The third-order valence-corrected chi connectivity index (χ3v) is 5.41. The summed E-state index contributed by atoms with van der Waals surface area (Å²) in [7, 11) is 1.39. The van der Waals surface area contributed by atoms with Crippen molar-refractivity contribution in [1.29, 1.82) is 0 Å². The van der Waals surface area contributed by atoms with Crippen LogP contribution in [0, 0.1) is 0 Å². The van der Waals surface area contributed by atoms with E-state index in [-0.39, 0.29) is 11.9 Å². The minimum atomic E-state index is -0.774. The smallest absolute Gasteiger partial charge is 0.331 e. The monoisotopic (exact) mass is 317 g/mol. The van der Waals surface area contributed by atoms with Crippen molar-refractivity contribution in [3.05, 3.63) is 35.2 Å². The normalized spacial score (nSPS) is 20.7. The summed E-state index contributed by atoms with van der Waals surface area (Å²) in [6, 6.07) is 7.86. The van der Waals surface area contributed by atoms with E-state index in [0.29, 0.717) is 24.9 Å². The summed E-state index contributed by atoms with van der Waals surface area (Å²) >= 11 is 1.56. The van der Waals surface area contributed by atoms with Gasteiger partial charge in [-0.2, -0.15) is 0 Å². The summed E-state index contributed by atoms with van der Waals surface area (Å²) in [4.78, 5) is 26.9. The number of carbonyl (C=O) groups is 2. The molecule has 1 aliphatic rings. The van der Waals surface area contributed by atoms with Crippen LogP contribution in [0.25, 0.3) is 10.1 Å². The molecule has 1 unspecified atom stereocenters. The van der Waals surface area contributed by atoms with E-state index < -0.39 is 5.54 Å². The van der Waals surface area contributed by atoms with Crippen LogP contribution in [0.1, 0.15) is 36.5 Å². The van der Waals surface area contributed by atoms with Crippen LogP contribution in [0.3, 0.4) is 0 Å². The Balaban J connectivity index is 1.96. The van der Waals surface area contributed by atoms with Crippen molar-refractivity contribution < 1.29 is 14.3 Å². The van der Waals surface area contributed by atoms with Gasteiger partial charge in [0.15, 0.2) is 0 Å². The number of likely N-dealkylation sites (tertiary alicyclic amines) is 1. The standard InChI is InChI=1S/C17H19NO3S/c1-3-8-17(16(20)21-2)9-10-18(17)15(19)13-11-22-14-7-5-4-6-12(13)14/h4-7,11H,3,8-10H2,1-2H3. The molecule has 5 heteroatoms. The molecule has 1 aliphatic heterocycles. The predicted molar refractivity (Wildman–Crippen MR) is 87.1 cm³/mol. The van der Waals surface area contributed by atoms with Crippen LogP contribution < -0.4 is 0 Å². The van der Waals surface area contributed by atoms with Gasteiger partial charge in [0.1, 0.15) is 5.54 Å². The zero-order chi connectivity index (χ0) is 15.7. The van der Waals surface area contributed by atoms with Gasteiger partial charge in [0.25, 0.3) is 5.91 Å². The first-order valence-electron chi connectivity index (χ1n) is 7.50. The molecule has 0 saturated carbocycles. The van der Waals surface area contributed by atoms with Crippen LogP contribution in [-0.4, -0.2) is 36.0 Å². The first-order valence-corrected chi connectivity index (χ1v) is 8.38. The summed E-state index contributed by atoms with van der Waals surface area (Å²) in [6.07, 6.45) is 2.16. The van der Waals surface area contributed by atoms with E-state index in [1.807, 2.05) is 36.6 Å². The lowest BCUT2D eigenvalue weighted by Gasteiger charge is -2.50. The number of fused-ring (bicyclic) bond motifs is 1. The topological polar surface area (TPSA) is 46.6 Å². The molecule has 0 spiro atoms. The minimum absolute atomic E-state index is 0.0671.